The second-order valence-electron chi connectivity index (χ2n) is 6.16. The van der Waals surface area contributed by atoms with Gasteiger partial charge in [-0.05, 0) is 29.8 Å². The summed E-state index contributed by atoms with van der Waals surface area (Å²) in [6.07, 6.45) is 0. The minimum atomic E-state index is -3.54. The van der Waals surface area contributed by atoms with Gasteiger partial charge in [0.15, 0.2) is 0 Å². The first kappa shape index (κ1) is 19.3. The molecule has 1 aliphatic heterocycles. The van der Waals surface area contributed by atoms with Gasteiger partial charge in [0.05, 0.1) is 18.1 Å². The number of rotatable bonds is 6. The minimum Gasteiger partial charge on any atom is -0.489 e. The average molecular weight is 390 g/mol. The summed E-state index contributed by atoms with van der Waals surface area (Å²) in [5, 5.41) is 2.69. The van der Waals surface area contributed by atoms with Crippen molar-refractivity contribution in [3.8, 4) is 5.75 Å². The fourth-order valence-electron chi connectivity index (χ4n) is 2.77. The molecular weight excluding hydrogens is 368 g/mol. The molecule has 0 aromatic heterocycles. The van der Waals surface area contributed by atoms with E-state index in [-0.39, 0.29) is 17.4 Å². The summed E-state index contributed by atoms with van der Waals surface area (Å²) in [6, 6.07) is 13.8. The highest BCUT2D eigenvalue weighted by atomic mass is 32.2. The highest BCUT2D eigenvalue weighted by Gasteiger charge is 2.26. The average Bonchev–Trinajstić information content (AvgIpc) is 2.67. The summed E-state index contributed by atoms with van der Waals surface area (Å²) in [4.78, 5) is 11.4. The highest BCUT2D eigenvalue weighted by Crippen LogP contribution is 2.21. The van der Waals surface area contributed by atoms with Crippen molar-refractivity contribution >= 4 is 21.6 Å². The van der Waals surface area contributed by atoms with Crippen LogP contribution in [0.15, 0.2) is 53.4 Å². The number of nitrogens with one attached hydrogen (secondary N) is 1. The van der Waals surface area contributed by atoms with Crippen LogP contribution in [-0.4, -0.2) is 44.9 Å². The predicted molar refractivity (Wildman–Crippen MR) is 101 cm³/mol. The maximum absolute atomic E-state index is 12.8. The molecule has 1 aliphatic rings. The van der Waals surface area contributed by atoms with Crippen molar-refractivity contribution in [2.45, 2.75) is 18.4 Å². The largest absolute Gasteiger partial charge is 0.489 e. The van der Waals surface area contributed by atoms with Crippen LogP contribution in [0.2, 0.25) is 0 Å². The summed E-state index contributed by atoms with van der Waals surface area (Å²) >= 11 is 0. The Morgan fingerprint density at radius 3 is 2.63 bits per heavy atom. The molecule has 2 aromatic carbocycles. The van der Waals surface area contributed by atoms with Crippen molar-refractivity contribution < 1.29 is 22.7 Å². The fraction of sp³-hybridized carbons (Fsp3) is 0.316. The van der Waals surface area contributed by atoms with E-state index in [4.69, 9.17) is 9.47 Å². The Hall–Kier alpha value is -2.42. The summed E-state index contributed by atoms with van der Waals surface area (Å²) in [5.74, 6) is 0.427. The van der Waals surface area contributed by atoms with Crippen LogP contribution >= 0.6 is 0 Å². The first-order chi connectivity index (χ1) is 12.9. The zero-order valence-electron chi connectivity index (χ0n) is 15.1. The summed E-state index contributed by atoms with van der Waals surface area (Å²) in [6.45, 7) is 3.20. The number of benzene rings is 2. The Morgan fingerprint density at radius 1 is 1.15 bits per heavy atom. The van der Waals surface area contributed by atoms with E-state index in [9.17, 15) is 13.2 Å². The molecule has 0 unspecified atom stereocenters. The zero-order valence-corrected chi connectivity index (χ0v) is 15.9. The van der Waals surface area contributed by atoms with Crippen molar-refractivity contribution in [1.29, 1.82) is 0 Å². The van der Waals surface area contributed by atoms with Crippen LogP contribution < -0.4 is 10.1 Å². The normalized spacial score (nSPS) is 15.3. The molecule has 1 saturated heterocycles. The van der Waals surface area contributed by atoms with E-state index in [0.29, 0.717) is 37.7 Å². The number of hydrogen-bond donors (Lipinski definition) is 1. The molecule has 7 nitrogen and oxygen atoms in total. The van der Waals surface area contributed by atoms with Gasteiger partial charge in [-0.2, -0.15) is 4.31 Å². The summed E-state index contributed by atoms with van der Waals surface area (Å²) in [7, 11) is -3.54. The van der Waals surface area contributed by atoms with Crippen LogP contribution in [0.3, 0.4) is 0 Å². The number of nitrogens with zero attached hydrogens (tertiary/aromatic N) is 1. The maximum atomic E-state index is 12.8. The fourth-order valence-corrected chi connectivity index (χ4v) is 4.24. The lowest BCUT2D eigenvalue weighted by molar-refractivity contribution is -0.114. The number of morpholine rings is 1. The van der Waals surface area contributed by atoms with Gasteiger partial charge in [0.1, 0.15) is 12.4 Å². The van der Waals surface area contributed by atoms with Crippen LogP contribution in [0.5, 0.6) is 5.75 Å². The zero-order chi connectivity index (χ0) is 19.3. The van der Waals surface area contributed by atoms with Gasteiger partial charge in [-0.25, -0.2) is 8.42 Å². The Morgan fingerprint density at radius 2 is 1.89 bits per heavy atom. The Labute approximate surface area is 158 Å². The van der Waals surface area contributed by atoms with E-state index in [1.165, 1.54) is 11.2 Å². The quantitative estimate of drug-likeness (QED) is 0.818. The van der Waals surface area contributed by atoms with E-state index < -0.39 is 10.0 Å². The van der Waals surface area contributed by atoms with Gasteiger partial charge in [0.2, 0.25) is 15.9 Å². The van der Waals surface area contributed by atoms with Crippen molar-refractivity contribution in [3.05, 3.63) is 54.1 Å². The SMILES string of the molecule is CC(=O)Nc1cccc(OCc2cccc(S(=O)(=O)N3CCOCC3)c2)c1. The lowest BCUT2D eigenvalue weighted by Crippen LogP contribution is -2.40. The van der Waals surface area contributed by atoms with Crippen molar-refractivity contribution in [1.82, 2.24) is 4.31 Å². The lowest BCUT2D eigenvalue weighted by Gasteiger charge is -2.26. The molecule has 1 heterocycles. The van der Waals surface area contributed by atoms with Gasteiger partial charge >= 0.3 is 0 Å². The first-order valence-electron chi connectivity index (χ1n) is 8.62. The Kier molecular flexibility index (Phi) is 6.10. The van der Waals surface area contributed by atoms with E-state index in [1.807, 2.05) is 6.07 Å². The summed E-state index contributed by atoms with van der Waals surface area (Å²) in [5.41, 5.74) is 1.39. The smallest absolute Gasteiger partial charge is 0.243 e. The number of hydrogen-bond acceptors (Lipinski definition) is 5. The second-order valence-corrected chi connectivity index (χ2v) is 8.10. The third-order valence-electron chi connectivity index (χ3n) is 4.07. The molecule has 0 atom stereocenters. The molecule has 1 amide bonds. The molecule has 1 N–H and O–H groups in total. The van der Waals surface area contributed by atoms with Crippen LogP contribution in [0, 0.1) is 0 Å². The first-order valence-corrected chi connectivity index (χ1v) is 10.1. The van der Waals surface area contributed by atoms with Crippen LogP contribution in [-0.2, 0) is 26.2 Å². The number of ether oxygens (including phenoxy) is 2. The van der Waals surface area contributed by atoms with E-state index in [1.54, 1.807) is 42.5 Å². The molecule has 0 spiro atoms. The molecule has 0 saturated carbocycles. The number of sulfonamides is 1. The summed E-state index contributed by atoms with van der Waals surface area (Å²) < 4.78 is 37.9. The van der Waals surface area contributed by atoms with Crippen molar-refractivity contribution in [2.75, 3.05) is 31.6 Å². The standard InChI is InChI=1S/C19H22N2O5S/c1-15(22)20-17-5-3-6-18(13-17)26-14-16-4-2-7-19(12-16)27(23,24)21-8-10-25-11-9-21/h2-7,12-13H,8-11,14H2,1H3,(H,20,22). The molecule has 8 heteroatoms. The molecule has 0 bridgehead atoms. The van der Waals surface area contributed by atoms with Crippen LogP contribution in [0.25, 0.3) is 0 Å². The molecule has 0 radical (unpaired) electrons. The lowest BCUT2D eigenvalue weighted by atomic mass is 10.2. The molecule has 1 fully saturated rings. The van der Waals surface area contributed by atoms with E-state index in [0.717, 1.165) is 5.56 Å². The number of carbonyl (C=O) groups is 1. The second kappa shape index (κ2) is 8.51. The number of anilines is 1. The minimum absolute atomic E-state index is 0.159. The van der Waals surface area contributed by atoms with E-state index >= 15 is 0 Å². The Balaban J connectivity index is 1.70. The van der Waals surface area contributed by atoms with Gasteiger partial charge < -0.3 is 14.8 Å². The van der Waals surface area contributed by atoms with Gasteiger partial charge in [-0.1, -0.05) is 18.2 Å². The molecule has 27 heavy (non-hydrogen) atoms. The van der Waals surface area contributed by atoms with Gasteiger partial charge in [0.25, 0.3) is 0 Å². The molecule has 144 valence electrons. The molecular formula is C19H22N2O5S. The van der Waals surface area contributed by atoms with Crippen LogP contribution in [0.1, 0.15) is 12.5 Å². The topological polar surface area (TPSA) is 84.9 Å². The van der Waals surface area contributed by atoms with Gasteiger partial charge in [-0.15, -0.1) is 0 Å². The van der Waals surface area contributed by atoms with Gasteiger partial charge in [-0.3, -0.25) is 4.79 Å². The Bertz CT molecular complexity index is 908. The number of amides is 1. The maximum Gasteiger partial charge on any atom is 0.243 e. The molecule has 2 aromatic rings. The highest BCUT2D eigenvalue weighted by molar-refractivity contribution is 7.89. The third kappa shape index (κ3) is 5.06. The molecule has 3 rings (SSSR count). The van der Waals surface area contributed by atoms with Crippen molar-refractivity contribution in [3.63, 3.8) is 0 Å². The molecule has 0 aliphatic carbocycles. The number of carbonyl (C=O) groups excluding carboxylic acids is 1. The monoisotopic (exact) mass is 390 g/mol. The van der Waals surface area contributed by atoms with E-state index in [2.05, 4.69) is 5.32 Å². The van der Waals surface area contributed by atoms with Crippen molar-refractivity contribution in [2.24, 2.45) is 0 Å². The van der Waals surface area contributed by atoms with Crippen LogP contribution in [0.4, 0.5) is 5.69 Å². The predicted octanol–water partition coefficient (Wildman–Crippen LogP) is 2.24. The third-order valence-corrected chi connectivity index (χ3v) is 5.96. The van der Waals surface area contributed by atoms with Gasteiger partial charge in [0, 0.05) is 31.8 Å².